The van der Waals surface area contributed by atoms with E-state index in [2.05, 4.69) is 16.5 Å². The first-order chi connectivity index (χ1) is 12.0. The van der Waals surface area contributed by atoms with Gasteiger partial charge in [0.2, 0.25) is 0 Å². The van der Waals surface area contributed by atoms with Gasteiger partial charge in [0, 0.05) is 30.6 Å². The summed E-state index contributed by atoms with van der Waals surface area (Å²) in [7, 11) is 0. The Bertz CT molecular complexity index is 775. The molecule has 6 heteroatoms. The van der Waals surface area contributed by atoms with Crippen molar-refractivity contribution in [1.82, 2.24) is 14.9 Å². The van der Waals surface area contributed by atoms with Crippen molar-refractivity contribution in [3.8, 4) is 0 Å². The molecular weight excluding hydrogens is 318 g/mol. The number of nitrogens with zero attached hydrogens (tertiary/aromatic N) is 2. The topological polar surface area (TPSA) is 75.3 Å². The van der Waals surface area contributed by atoms with Crippen LogP contribution in [0.2, 0.25) is 0 Å². The van der Waals surface area contributed by atoms with Gasteiger partial charge in [0.25, 0.3) is 5.91 Å². The molecule has 134 valence electrons. The number of ether oxygens (including phenoxy) is 1. The van der Waals surface area contributed by atoms with Crippen molar-refractivity contribution >= 4 is 22.9 Å². The van der Waals surface area contributed by atoms with Gasteiger partial charge in [0.05, 0.1) is 17.6 Å². The van der Waals surface area contributed by atoms with E-state index < -0.39 is 0 Å². The molecule has 0 aliphatic carbocycles. The summed E-state index contributed by atoms with van der Waals surface area (Å²) in [6.45, 7) is 10.8. The van der Waals surface area contributed by atoms with E-state index in [4.69, 9.17) is 4.74 Å². The minimum absolute atomic E-state index is 0.0229. The highest BCUT2D eigenvalue weighted by Gasteiger charge is 2.14. The second-order valence-electron chi connectivity index (χ2n) is 5.91. The number of aromatic nitrogens is 2. The molecule has 1 heterocycles. The maximum Gasteiger partial charge on any atom is 0.333 e. The number of carbonyl (C=O) groups excluding carboxylic acids is 2. The number of aromatic amines is 1. The molecule has 0 spiro atoms. The second-order valence-corrected chi connectivity index (χ2v) is 5.91. The van der Waals surface area contributed by atoms with E-state index in [0.29, 0.717) is 43.7 Å². The van der Waals surface area contributed by atoms with Gasteiger partial charge in [-0.2, -0.15) is 0 Å². The first kappa shape index (κ1) is 18.7. The Morgan fingerprint density at radius 1 is 1.28 bits per heavy atom. The molecule has 2 aromatic rings. The molecule has 1 aromatic heterocycles. The van der Waals surface area contributed by atoms with Crippen LogP contribution in [-0.2, 0) is 16.0 Å². The van der Waals surface area contributed by atoms with Crippen LogP contribution < -0.4 is 0 Å². The third-order valence-electron chi connectivity index (χ3n) is 3.97. The molecule has 0 radical (unpaired) electrons. The fourth-order valence-electron chi connectivity index (χ4n) is 2.53. The summed E-state index contributed by atoms with van der Waals surface area (Å²) in [5.74, 6) is 0.465. The van der Waals surface area contributed by atoms with Crippen LogP contribution in [0.25, 0.3) is 11.0 Å². The normalized spacial score (nSPS) is 10.7. The zero-order valence-electron chi connectivity index (χ0n) is 15.1. The average molecular weight is 343 g/mol. The summed E-state index contributed by atoms with van der Waals surface area (Å²) in [6, 6.07) is 5.50. The van der Waals surface area contributed by atoms with Gasteiger partial charge in [-0.25, -0.2) is 9.78 Å². The Balaban J connectivity index is 2.01. The lowest BCUT2D eigenvalue weighted by Crippen LogP contribution is -2.30. The Labute approximate surface area is 147 Å². The first-order valence-corrected chi connectivity index (χ1v) is 8.56. The molecule has 6 nitrogen and oxygen atoms in total. The van der Waals surface area contributed by atoms with Crippen molar-refractivity contribution in [2.24, 2.45) is 0 Å². The minimum Gasteiger partial charge on any atom is -0.462 e. The van der Waals surface area contributed by atoms with E-state index in [9.17, 15) is 9.59 Å². The van der Waals surface area contributed by atoms with Crippen LogP contribution in [0.4, 0.5) is 0 Å². The Morgan fingerprint density at radius 3 is 2.64 bits per heavy atom. The molecule has 0 atom stereocenters. The van der Waals surface area contributed by atoms with E-state index in [1.165, 1.54) is 0 Å². The summed E-state index contributed by atoms with van der Waals surface area (Å²) >= 11 is 0. The number of fused-ring (bicyclic) bond motifs is 1. The maximum absolute atomic E-state index is 12.4. The molecule has 1 N–H and O–H groups in total. The lowest BCUT2D eigenvalue weighted by molar-refractivity contribution is -0.139. The van der Waals surface area contributed by atoms with Crippen LogP contribution in [0.15, 0.2) is 30.4 Å². The third kappa shape index (κ3) is 4.68. The first-order valence-electron chi connectivity index (χ1n) is 8.56. The summed E-state index contributed by atoms with van der Waals surface area (Å²) in [6.07, 6.45) is 1.33. The Hall–Kier alpha value is -2.63. The molecule has 0 saturated heterocycles. The van der Waals surface area contributed by atoms with Gasteiger partial charge in [0.15, 0.2) is 0 Å². The Kier molecular flexibility index (Phi) is 6.33. The van der Waals surface area contributed by atoms with E-state index >= 15 is 0 Å². The number of amides is 1. The predicted octanol–water partition coefficient (Wildman–Crippen LogP) is 3.10. The molecule has 2 rings (SSSR count). The molecule has 0 fully saturated rings. The molecule has 0 unspecified atom stereocenters. The summed E-state index contributed by atoms with van der Waals surface area (Å²) in [5, 5.41) is 0. The van der Waals surface area contributed by atoms with Crippen molar-refractivity contribution in [3.05, 3.63) is 41.7 Å². The van der Waals surface area contributed by atoms with Crippen molar-refractivity contribution in [3.63, 3.8) is 0 Å². The highest BCUT2D eigenvalue weighted by atomic mass is 16.5. The molecule has 25 heavy (non-hydrogen) atoms. The van der Waals surface area contributed by atoms with Crippen molar-refractivity contribution in [1.29, 1.82) is 0 Å². The van der Waals surface area contributed by atoms with Crippen molar-refractivity contribution < 1.29 is 14.3 Å². The number of nitrogens with one attached hydrogen (secondary N) is 1. The zero-order valence-corrected chi connectivity index (χ0v) is 15.1. The Morgan fingerprint density at radius 2 is 2.00 bits per heavy atom. The number of aryl methyl sites for hydroxylation is 1. The SMILES string of the molecule is C=C(C)C(=O)OCCCc1nc2ccc(C(=O)N(CC)CC)cc2[nH]1. The quantitative estimate of drug-likeness (QED) is 0.454. The second kappa shape index (κ2) is 8.46. The largest absolute Gasteiger partial charge is 0.462 e. The summed E-state index contributed by atoms with van der Waals surface area (Å²) < 4.78 is 5.07. The number of H-pyrrole nitrogens is 1. The number of benzene rings is 1. The van der Waals surface area contributed by atoms with Crippen LogP contribution >= 0.6 is 0 Å². The van der Waals surface area contributed by atoms with E-state index in [-0.39, 0.29) is 11.9 Å². The summed E-state index contributed by atoms with van der Waals surface area (Å²) in [4.78, 5) is 33.3. The minimum atomic E-state index is -0.371. The molecular formula is C19H25N3O3. The monoisotopic (exact) mass is 343 g/mol. The molecule has 1 amide bonds. The van der Waals surface area contributed by atoms with E-state index in [0.717, 1.165) is 16.9 Å². The highest BCUT2D eigenvalue weighted by molar-refractivity contribution is 5.97. The average Bonchev–Trinajstić information content (AvgIpc) is 3.01. The fourth-order valence-corrected chi connectivity index (χ4v) is 2.53. The van der Waals surface area contributed by atoms with Crippen LogP contribution in [0.5, 0.6) is 0 Å². The lowest BCUT2D eigenvalue weighted by Gasteiger charge is -2.18. The van der Waals surface area contributed by atoms with E-state index in [1.54, 1.807) is 11.8 Å². The zero-order chi connectivity index (χ0) is 18.4. The van der Waals surface area contributed by atoms with Gasteiger partial charge in [-0.05, 0) is 45.4 Å². The van der Waals surface area contributed by atoms with Gasteiger partial charge in [0.1, 0.15) is 5.82 Å². The van der Waals surface area contributed by atoms with Gasteiger partial charge in [-0.3, -0.25) is 4.79 Å². The molecule has 0 bridgehead atoms. The van der Waals surface area contributed by atoms with Crippen LogP contribution in [-0.4, -0.2) is 46.4 Å². The van der Waals surface area contributed by atoms with Gasteiger partial charge >= 0.3 is 5.97 Å². The molecule has 1 aromatic carbocycles. The molecule has 0 aliphatic heterocycles. The van der Waals surface area contributed by atoms with Crippen molar-refractivity contribution in [2.45, 2.75) is 33.6 Å². The van der Waals surface area contributed by atoms with Gasteiger partial charge < -0.3 is 14.6 Å². The number of carbonyl (C=O) groups is 2. The fraction of sp³-hybridized carbons (Fsp3) is 0.421. The highest BCUT2D eigenvalue weighted by Crippen LogP contribution is 2.16. The number of rotatable bonds is 8. The number of hydrogen-bond donors (Lipinski definition) is 1. The molecule has 0 saturated carbocycles. The van der Waals surface area contributed by atoms with Crippen LogP contribution in [0.1, 0.15) is 43.4 Å². The lowest BCUT2D eigenvalue weighted by atomic mass is 10.1. The maximum atomic E-state index is 12.4. The summed E-state index contributed by atoms with van der Waals surface area (Å²) in [5.41, 5.74) is 2.72. The van der Waals surface area contributed by atoms with Gasteiger partial charge in [-0.1, -0.05) is 6.58 Å². The van der Waals surface area contributed by atoms with E-state index in [1.807, 2.05) is 32.0 Å². The van der Waals surface area contributed by atoms with Gasteiger partial charge in [-0.15, -0.1) is 0 Å². The van der Waals surface area contributed by atoms with Crippen molar-refractivity contribution in [2.75, 3.05) is 19.7 Å². The third-order valence-corrected chi connectivity index (χ3v) is 3.97. The smallest absolute Gasteiger partial charge is 0.333 e. The van der Waals surface area contributed by atoms with Crippen LogP contribution in [0.3, 0.4) is 0 Å². The number of imidazole rings is 1. The number of esters is 1. The van der Waals surface area contributed by atoms with Crippen LogP contribution in [0, 0.1) is 0 Å². The predicted molar refractivity (Wildman–Crippen MR) is 97.4 cm³/mol. The number of hydrogen-bond acceptors (Lipinski definition) is 4. The molecule has 0 aliphatic rings. The standard InChI is InChI=1S/C19H25N3O3/c1-5-22(6-2)18(23)14-9-10-15-16(12-14)21-17(20-15)8-7-11-25-19(24)13(3)4/h9-10,12H,3,5-8,11H2,1-2,4H3,(H,20,21).